The number of nitrogens with zero attached hydrogens (tertiary/aromatic N) is 1. The molecule has 0 aliphatic carbocycles. The number of rotatable bonds is 6. The van der Waals surface area contributed by atoms with Crippen LogP contribution in [0.1, 0.15) is 23.2 Å². The third kappa shape index (κ3) is 6.15. The van der Waals surface area contributed by atoms with Gasteiger partial charge >= 0.3 is 0 Å². The number of benzene rings is 2. The third-order valence-corrected chi connectivity index (χ3v) is 5.01. The highest BCUT2D eigenvalue weighted by molar-refractivity contribution is 7.80. The number of amides is 2. The molecule has 1 aliphatic heterocycles. The molecule has 0 spiro atoms. The zero-order chi connectivity index (χ0) is 20.8. The first-order valence-corrected chi connectivity index (χ1v) is 9.99. The number of carbonyl (C=O) groups is 2. The van der Waals surface area contributed by atoms with Gasteiger partial charge in [0.15, 0.2) is 5.11 Å². The molecular formula is C20H22ClN5O2S. The summed E-state index contributed by atoms with van der Waals surface area (Å²) in [6.07, 6.45) is 2.27. The Hall–Kier alpha value is -2.68. The Labute approximate surface area is 179 Å². The fourth-order valence-corrected chi connectivity index (χ4v) is 3.50. The van der Waals surface area contributed by atoms with Crippen molar-refractivity contribution in [2.75, 3.05) is 35.6 Å². The van der Waals surface area contributed by atoms with Crippen molar-refractivity contribution in [3.05, 3.63) is 53.1 Å². The highest BCUT2D eigenvalue weighted by atomic mass is 35.5. The fraction of sp³-hybridized carbons (Fsp3) is 0.250. The Morgan fingerprint density at radius 3 is 2.24 bits per heavy atom. The minimum atomic E-state index is -0.487. The fourth-order valence-electron chi connectivity index (χ4n) is 3.04. The van der Waals surface area contributed by atoms with Crippen LogP contribution in [0.2, 0.25) is 5.02 Å². The van der Waals surface area contributed by atoms with Gasteiger partial charge in [-0.2, -0.15) is 0 Å². The van der Waals surface area contributed by atoms with Gasteiger partial charge in [0.25, 0.3) is 0 Å². The normalized spacial score (nSPS) is 13.7. The maximum Gasteiger partial charge on any atom is 0.248 e. The summed E-state index contributed by atoms with van der Waals surface area (Å²) in [5, 5.41) is 9.66. The van der Waals surface area contributed by atoms with Crippen molar-refractivity contribution in [2.45, 2.75) is 12.8 Å². The molecule has 0 saturated carbocycles. The first-order valence-electron chi connectivity index (χ1n) is 9.20. The van der Waals surface area contributed by atoms with Crippen molar-refractivity contribution >= 4 is 57.8 Å². The van der Waals surface area contributed by atoms with Crippen LogP contribution in [-0.4, -0.2) is 41.5 Å². The van der Waals surface area contributed by atoms with Crippen molar-refractivity contribution in [3.8, 4) is 0 Å². The molecule has 152 valence electrons. The standard InChI is InChI=1S/C20H22ClN5O2S/c21-16-11-15(7-8-17(16)25-18(27)12-26-9-1-2-10-26)24-20(29)23-14-5-3-13(4-6-14)19(22)28/h3-8,11H,1-2,9-10,12H2,(H2,22,28)(H,25,27)(H2,23,24,29). The largest absolute Gasteiger partial charge is 0.366 e. The molecule has 0 unspecified atom stereocenters. The average Bonchev–Trinajstić information content (AvgIpc) is 3.17. The van der Waals surface area contributed by atoms with E-state index in [0.717, 1.165) is 25.9 Å². The average molecular weight is 432 g/mol. The van der Waals surface area contributed by atoms with Crippen LogP contribution in [0.25, 0.3) is 0 Å². The molecule has 1 aliphatic rings. The van der Waals surface area contributed by atoms with Crippen LogP contribution >= 0.6 is 23.8 Å². The molecule has 3 rings (SSSR count). The van der Waals surface area contributed by atoms with Crippen molar-refractivity contribution in [3.63, 3.8) is 0 Å². The number of halogens is 1. The summed E-state index contributed by atoms with van der Waals surface area (Å²) in [5.74, 6) is -0.564. The number of primary amides is 1. The molecule has 1 saturated heterocycles. The molecule has 0 atom stereocenters. The SMILES string of the molecule is NC(=O)c1ccc(NC(=S)Nc2ccc(NC(=O)CN3CCCC3)c(Cl)c2)cc1. The molecule has 9 heteroatoms. The van der Waals surface area contributed by atoms with Gasteiger partial charge in [-0.25, -0.2) is 0 Å². The van der Waals surface area contributed by atoms with Gasteiger partial charge in [0.2, 0.25) is 11.8 Å². The van der Waals surface area contributed by atoms with Gasteiger partial charge in [0, 0.05) is 16.9 Å². The van der Waals surface area contributed by atoms with Crippen LogP contribution < -0.4 is 21.7 Å². The molecule has 7 nitrogen and oxygen atoms in total. The van der Waals surface area contributed by atoms with Crippen LogP contribution in [0.3, 0.4) is 0 Å². The smallest absolute Gasteiger partial charge is 0.248 e. The molecule has 1 fully saturated rings. The van der Waals surface area contributed by atoms with Gasteiger partial charge in [-0.1, -0.05) is 11.6 Å². The van der Waals surface area contributed by atoms with Crippen LogP contribution in [-0.2, 0) is 4.79 Å². The molecule has 2 amide bonds. The maximum absolute atomic E-state index is 12.2. The van der Waals surface area contributed by atoms with E-state index in [1.165, 1.54) is 0 Å². The molecule has 0 bridgehead atoms. The van der Waals surface area contributed by atoms with E-state index in [0.29, 0.717) is 39.3 Å². The minimum absolute atomic E-state index is 0.0777. The van der Waals surface area contributed by atoms with Crippen LogP contribution in [0.5, 0.6) is 0 Å². The molecule has 0 radical (unpaired) electrons. The number of anilines is 3. The highest BCUT2D eigenvalue weighted by Gasteiger charge is 2.16. The third-order valence-electron chi connectivity index (χ3n) is 4.49. The Morgan fingerprint density at radius 1 is 1.00 bits per heavy atom. The Morgan fingerprint density at radius 2 is 1.62 bits per heavy atom. The van der Waals surface area contributed by atoms with Gasteiger partial charge in [0.1, 0.15) is 0 Å². The van der Waals surface area contributed by atoms with Crippen molar-refractivity contribution in [1.29, 1.82) is 0 Å². The van der Waals surface area contributed by atoms with Crippen molar-refractivity contribution < 1.29 is 9.59 Å². The second-order valence-corrected chi connectivity index (χ2v) is 7.56. The lowest BCUT2D eigenvalue weighted by Gasteiger charge is -2.15. The lowest BCUT2D eigenvalue weighted by molar-refractivity contribution is -0.117. The van der Waals surface area contributed by atoms with E-state index in [4.69, 9.17) is 29.6 Å². The predicted octanol–water partition coefficient (Wildman–Crippen LogP) is 3.28. The molecule has 2 aromatic rings. The summed E-state index contributed by atoms with van der Waals surface area (Å²) < 4.78 is 0. The second-order valence-electron chi connectivity index (χ2n) is 6.75. The Bertz CT molecular complexity index is 914. The minimum Gasteiger partial charge on any atom is -0.366 e. The predicted molar refractivity (Wildman–Crippen MR) is 121 cm³/mol. The first kappa shape index (κ1) is 21.0. The lowest BCUT2D eigenvalue weighted by Crippen LogP contribution is -2.30. The summed E-state index contributed by atoms with van der Waals surface area (Å²) >= 11 is 11.6. The second kappa shape index (κ2) is 9.69. The number of likely N-dealkylation sites (tertiary alicyclic amines) is 1. The summed E-state index contributed by atoms with van der Waals surface area (Å²) in [6.45, 7) is 2.29. The summed E-state index contributed by atoms with van der Waals surface area (Å²) in [6, 6.07) is 11.9. The summed E-state index contributed by atoms with van der Waals surface area (Å²) in [4.78, 5) is 25.4. The van der Waals surface area contributed by atoms with E-state index in [1.807, 2.05) is 0 Å². The molecule has 2 aromatic carbocycles. The van der Waals surface area contributed by atoms with E-state index >= 15 is 0 Å². The van der Waals surface area contributed by atoms with Gasteiger partial charge in [-0.05, 0) is 80.6 Å². The van der Waals surface area contributed by atoms with E-state index in [-0.39, 0.29) is 5.91 Å². The Kier molecular flexibility index (Phi) is 7.03. The van der Waals surface area contributed by atoms with Crippen molar-refractivity contribution in [2.24, 2.45) is 5.73 Å². The Balaban J connectivity index is 1.54. The number of hydrogen-bond donors (Lipinski definition) is 4. The van der Waals surface area contributed by atoms with Crippen LogP contribution in [0.4, 0.5) is 17.1 Å². The molecule has 5 N–H and O–H groups in total. The monoisotopic (exact) mass is 431 g/mol. The first-order chi connectivity index (χ1) is 13.9. The number of nitrogens with two attached hydrogens (primary N) is 1. The van der Waals surface area contributed by atoms with E-state index in [1.54, 1.807) is 42.5 Å². The number of thiocarbonyl (C=S) groups is 1. The zero-order valence-corrected chi connectivity index (χ0v) is 17.3. The lowest BCUT2D eigenvalue weighted by atomic mass is 10.2. The van der Waals surface area contributed by atoms with Crippen LogP contribution in [0.15, 0.2) is 42.5 Å². The van der Waals surface area contributed by atoms with E-state index in [9.17, 15) is 9.59 Å². The number of carbonyl (C=O) groups excluding carboxylic acids is 2. The number of hydrogen-bond acceptors (Lipinski definition) is 4. The quantitative estimate of drug-likeness (QED) is 0.524. The number of nitrogens with one attached hydrogen (secondary N) is 3. The van der Waals surface area contributed by atoms with E-state index in [2.05, 4.69) is 20.9 Å². The summed E-state index contributed by atoms with van der Waals surface area (Å²) in [5.41, 5.74) is 7.60. The van der Waals surface area contributed by atoms with E-state index < -0.39 is 5.91 Å². The maximum atomic E-state index is 12.2. The molecule has 1 heterocycles. The van der Waals surface area contributed by atoms with Gasteiger partial charge in [0.05, 0.1) is 17.3 Å². The molecule has 29 heavy (non-hydrogen) atoms. The topological polar surface area (TPSA) is 99.5 Å². The van der Waals surface area contributed by atoms with Gasteiger partial charge in [-0.3, -0.25) is 14.5 Å². The summed E-state index contributed by atoms with van der Waals surface area (Å²) in [7, 11) is 0. The van der Waals surface area contributed by atoms with Crippen molar-refractivity contribution in [1.82, 2.24) is 4.90 Å². The van der Waals surface area contributed by atoms with Gasteiger partial charge in [-0.15, -0.1) is 0 Å². The van der Waals surface area contributed by atoms with Crippen LogP contribution in [0, 0.1) is 0 Å². The molecule has 0 aromatic heterocycles. The van der Waals surface area contributed by atoms with Gasteiger partial charge < -0.3 is 21.7 Å². The highest BCUT2D eigenvalue weighted by Crippen LogP contribution is 2.26. The zero-order valence-electron chi connectivity index (χ0n) is 15.7. The molecular weight excluding hydrogens is 410 g/mol.